The van der Waals surface area contributed by atoms with Crippen molar-refractivity contribution in [1.82, 2.24) is 4.98 Å². The summed E-state index contributed by atoms with van der Waals surface area (Å²) >= 11 is 7.18. The number of oxazole rings is 1. The molecule has 0 bridgehead atoms. The van der Waals surface area contributed by atoms with E-state index in [4.69, 9.17) is 21.1 Å². The van der Waals surface area contributed by atoms with Crippen LogP contribution in [0.5, 0.6) is 0 Å². The number of carboxylic acids is 1. The lowest BCUT2D eigenvalue weighted by Crippen LogP contribution is -2.01. The van der Waals surface area contributed by atoms with Crippen LogP contribution in [0.25, 0.3) is 22.1 Å². The maximum Gasteiger partial charge on any atom is 0.309 e. The number of thiophene rings is 1. The van der Waals surface area contributed by atoms with Crippen molar-refractivity contribution in [2.75, 3.05) is 0 Å². The predicted molar refractivity (Wildman–Crippen MR) is 81.6 cm³/mol. The smallest absolute Gasteiger partial charge is 0.309 e. The van der Waals surface area contributed by atoms with Crippen molar-refractivity contribution in [2.24, 2.45) is 0 Å². The van der Waals surface area contributed by atoms with Crippen LogP contribution in [0.4, 0.5) is 4.39 Å². The Hall–Kier alpha value is -2.18. The first-order chi connectivity index (χ1) is 10.5. The van der Waals surface area contributed by atoms with Gasteiger partial charge in [0, 0.05) is 5.56 Å². The first-order valence-corrected chi connectivity index (χ1v) is 7.45. The van der Waals surface area contributed by atoms with Gasteiger partial charge in [-0.05, 0) is 36.4 Å². The zero-order valence-electron chi connectivity index (χ0n) is 11.0. The van der Waals surface area contributed by atoms with Crippen molar-refractivity contribution < 1.29 is 18.7 Å². The highest BCUT2D eigenvalue weighted by molar-refractivity contribution is 7.19. The van der Waals surface area contributed by atoms with Crippen molar-refractivity contribution in [3.8, 4) is 22.1 Å². The fourth-order valence-corrected chi connectivity index (χ4v) is 3.01. The van der Waals surface area contributed by atoms with Crippen LogP contribution in [0.15, 0.2) is 40.8 Å². The first kappa shape index (κ1) is 14.7. The van der Waals surface area contributed by atoms with Gasteiger partial charge in [0.05, 0.1) is 21.3 Å². The summed E-state index contributed by atoms with van der Waals surface area (Å²) in [5, 5.41) is 9.01. The molecule has 1 N–H and O–H groups in total. The molecule has 0 saturated carbocycles. The monoisotopic (exact) mass is 337 g/mol. The molecule has 0 amide bonds. The van der Waals surface area contributed by atoms with E-state index in [0.29, 0.717) is 26.2 Å². The minimum atomic E-state index is -1.01. The summed E-state index contributed by atoms with van der Waals surface area (Å²) < 4.78 is 19.2. The molecular formula is C15H9ClFNO3S. The summed E-state index contributed by atoms with van der Waals surface area (Å²) in [6.45, 7) is 0. The van der Waals surface area contributed by atoms with Gasteiger partial charge in [-0.1, -0.05) is 11.6 Å². The zero-order chi connectivity index (χ0) is 15.7. The minimum Gasteiger partial charge on any atom is -0.481 e. The Morgan fingerprint density at radius 1 is 1.27 bits per heavy atom. The highest BCUT2D eigenvalue weighted by Crippen LogP contribution is 2.36. The molecule has 0 atom stereocenters. The molecule has 0 fully saturated rings. The zero-order valence-corrected chi connectivity index (χ0v) is 12.6. The van der Waals surface area contributed by atoms with Crippen molar-refractivity contribution in [3.63, 3.8) is 0 Å². The van der Waals surface area contributed by atoms with Crippen LogP contribution in [0, 0.1) is 5.82 Å². The third-order valence-electron chi connectivity index (χ3n) is 2.90. The molecule has 0 aliphatic carbocycles. The lowest BCUT2D eigenvalue weighted by molar-refractivity contribution is -0.136. The molecule has 112 valence electrons. The quantitative estimate of drug-likeness (QED) is 0.762. The van der Waals surface area contributed by atoms with Crippen LogP contribution in [-0.2, 0) is 11.2 Å². The second-order valence-electron chi connectivity index (χ2n) is 4.48. The Bertz CT molecular complexity index is 826. The molecule has 4 nitrogen and oxygen atoms in total. The number of aliphatic carboxylic acids is 1. The number of rotatable bonds is 4. The Morgan fingerprint density at radius 2 is 2.00 bits per heavy atom. The van der Waals surface area contributed by atoms with Crippen LogP contribution >= 0.6 is 22.9 Å². The molecule has 22 heavy (non-hydrogen) atoms. The van der Waals surface area contributed by atoms with Gasteiger partial charge in [0.25, 0.3) is 0 Å². The van der Waals surface area contributed by atoms with Crippen LogP contribution in [0.2, 0.25) is 4.34 Å². The third kappa shape index (κ3) is 3.03. The highest BCUT2D eigenvalue weighted by atomic mass is 35.5. The van der Waals surface area contributed by atoms with Crippen LogP contribution in [-0.4, -0.2) is 16.1 Å². The van der Waals surface area contributed by atoms with E-state index in [9.17, 15) is 9.18 Å². The summed E-state index contributed by atoms with van der Waals surface area (Å²) in [5.41, 5.74) is 0.882. The highest BCUT2D eigenvalue weighted by Gasteiger charge is 2.20. The molecule has 0 spiro atoms. The fourth-order valence-electron chi connectivity index (χ4n) is 1.96. The van der Waals surface area contributed by atoms with E-state index in [1.807, 2.05) is 0 Å². The Morgan fingerprint density at radius 3 is 2.59 bits per heavy atom. The molecule has 0 aliphatic rings. The standard InChI is InChI=1S/C15H9ClFNO3S/c16-12-6-5-11(22-12)14-10(7-13(19)20)18-15(21-14)8-1-3-9(17)4-2-8/h1-6H,7H2,(H,19,20). The normalized spacial score (nSPS) is 10.8. The number of aromatic nitrogens is 1. The predicted octanol–water partition coefficient (Wildman–Crippen LogP) is 4.49. The topological polar surface area (TPSA) is 63.3 Å². The number of benzene rings is 1. The van der Waals surface area contributed by atoms with E-state index in [1.54, 1.807) is 12.1 Å². The average molecular weight is 338 g/mol. The number of carbonyl (C=O) groups is 1. The number of hydrogen-bond donors (Lipinski definition) is 1. The molecular weight excluding hydrogens is 329 g/mol. The summed E-state index contributed by atoms with van der Waals surface area (Å²) in [7, 11) is 0. The second-order valence-corrected chi connectivity index (χ2v) is 6.19. The Kier molecular flexibility index (Phi) is 3.96. The molecule has 3 aromatic rings. The van der Waals surface area contributed by atoms with Gasteiger partial charge < -0.3 is 9.52 Å². The number of hydrogen-bond acceptors (Lipinski definition) is 4. The second kappa shape index (κ2) is 5.90. The minimum absolute atomic E-state index is 0.246. The summed E-state index contributed by atoms with van der Waals surface area (Å²) in [6.07, 6.45) is -0.268. The van der Waals surface area contributed by atoms with Crippen LogP contribution in [0.3, 0.4) is 0 Å². The summed E-state index contributed by atoms with van der Waals surface area (Å²) in [5.74, 6) is -0.761. The molecule has 0 saturated heterocycles. The number of carboxylic acid groups (broad SMARTS) is 1. The largest absolute Gasteiger partial charge is 0.481 e. The van der Waals surface area contributed by atoms with Gasteiger partial charge in [-0.2, -0.15) is 0 Å². The van der Waals surface area contributed by atoms with E-state index < -0.39 is 5.97 Å². The fraction of sp³-hybridized carbons (Fsp3) is 0.0667. The van der Waals surface area contributed by atoms with E-state index in [2.05, 4.69) is 4.98 Å². The van der Waals surface area contributed by atoms with E-state index in [-0.39, 0.29) is 18.1 Å². The SMILES string of the molecule is O=C(O)Cc1nc(-c2ccc(F)cc2)oc1-c1ccc(Cl)s1. The van der Waals surface area contributed by atoms with Crippen LogP contribution < -0.4 is 0 Å². The maximum absolute atomic E-state index is 13.0. The molecule has 0 unspecified atom stereocenters. The molecule has 1 aromatic carbocycles. The molecule has 2 heterocycles. The summed E-state index contributed by atoms with van der Waals surface area (Å²) in [6, 6.07) is 9.07. The van der Waals surface area contributed by atoms with E-state index in [0.717, 1.165) is 0 Å². The summed E-state index contributed by atoms with van der Waals surface area (Å²) in [4.78, 5) is 15.9. The van der Waals surface area contributed by atoms with Crippen LogP contribution in [0.1, 0.15) is 5.69 Å². The van der Waals surface area contributed by atoms with Gasteiger partial charge in [0.15, 0.2) is 5.76 Å². The molecule has 2 aromatic heterocycles. The number of nitrogens with zero attached hydrogens (tertiary/aromatic N) is 1. The Balaban J connectivity index is 2.07. The lowest BCUT2D eigenvalue weighted by Gasteiger charge is -1.95. The Labute approximate surface area is 133 Å². The van der Waals surface area contributed by atoms with Gasteiger partial charge in [0.1, 0.15) is 5.82 Å². The van der Waals surface area contributed by atoms with Gasteiger partial charge in [0.2, 0.25) is 5.89 Å². The number of halogens is 2. The van der Waals surface area contributed by atoms with Crippen molar-refractivity contribution >= 4 is 28.9 Å². The lowest BCUT2D eigenvalue weighted by atomic mass is 10.2. The molecule has 0 aliphatic heterocycles. The van der Waals surface area contributed by atoms with Gasteiger partial charge in [-0.25, -0.2) is 9.37 Å². The van der Waals surface area contributed by atoms with E-state index in [1.165, 1.54) is 35.6 Å². The molecule has 3 rings (SSSR count). The maximum atomic E-state index is 13.0. The van der Waals surface area contributed by atoms with Crippen molar-refractivity contribution in [2.45, 2.75) is 6.42 Å². The van der Waals surface area contributed by atoms with Crippen molar-refractivity contribution in [1.29, 1.82) is 0 Å². The molecule has 0 radical (unpaired) electrons. The van der Waals surface area contributed by atoms with Crippen molar-refractivity contribution in [3.05, 3.63) is 52.2 Å². The van der Waals surface area contributed by atoms with Gasteiger partial charge in [-0.15, -0.1) is 11.3 Å². The van der Waals surface area contributed by atoms with Gasteiger partial charge >= 0.3 is 5.97 Å². The first-order valence-electron chi connectivity index (χ1n) is 6.26. The average Bonchev–Trinajstić information content (AvgIpc) is 3.05. The third-order valence-corrected chi connectivity index (χ3v) is 4.13. The van der Waals surface area contributed by atoms with E-state index >= 15 is 0 Å². The molecule has 7 heteroatoms. The van der Waals surface area contributed by atoms with Gasteiger partial charge in [-0.3, -0.25) is 4.79 Å².